The van der Waals surface area contributed by atoms with Crippen LogP contribution in [0.25, 0.3) is 5.69 Å². The Balaban J connectivity index is 1.79. The molecular formula is C23H27N5O2S. The third-order valence-electron chi connectivity index (χ3n) is 5.26. The molecule has 1 amide bonds. The molecule has 1 aliphatic heterocycles. The molecule has 0 unspecified atom stereocenters. The number of ether oxygens (including phenoxy) is 1. The van der Waals surface area contributed by atoms with E-state index in [-0.39, 0.29) is 5.91 Å². The zero-order valence-corrected chi connectivity index (χ0v) is 18.9. The number of nitrogens with zero attached hydrogens (tertiary/aromatic N) is 5. The third-order valence-corrected chi connectivity index (χ3v) is 6.44. The summed E-state index contributed by atoms with van der Waals surface area (Å²) in [5, 5.41) is 9.36. The van der Waals surface area contributed by atoms with E-state index in [0.717, 1.165) is 35.9 Å². The van der Waals surface area contributed by atoms with Gasteiger partial charge in [-0.05, 0) is 24.1 Å². The Morgan fingerprint density at radius 1 is 1.03 bits per heavy atom. The van der Waals surface area contributed by atoms with Gasteiger partial charge in [0.2, 0.25) is 11.9 Å². The number of carbonyl (C=O) groups excluding carboxylic acids is 1. The largest absolute Gasteiger partial charge is 0.378 e. The minimum Gasteiger partial charge on any atom is -0.378 e. The molecule has 0 spiro atoms. The van der Waals surface area contributed by atoms with Crippen LogP contribution in [-0.2, 0) is 9.53 Å². The molecule has 0 aliphatic carbocycles. The number of carbonyl (C=O) groups is 1. The molecule has 0 bridgehead atoms. The van der Waals surface area contributed by atoms with Crippen LogP contribution < -0.4 is 4.90 Å². The van der Waals surface area contributed by atoms with Crippen molar-refractivity contribution in [1.29, 1.82) is 0 Å². The Bertz CT molecular complexity index is 1030. The average Bonchev–Trinajstić information content (AvgIpc) is 3.22. The molecule has 4 rings (SSSR count). The lowest BCUT2D eigenvalue weighted by molar-refractivity contribution is -0.128. The lowest BCUT2D eigenvalue weighted by atomic mass is 10.1. The molecular weight excluding hydrogens is 410 g/mol. The SMILES string of the molecule is Cc1ccccc1-n1c(S[C@@H](C(=O)N(C)C)c2ccccc2)nnc1N1CCOCC1. The Morgan fingerprint density at radius 3 is 2.39 bits per heavy atom. The van der Waals surface area contributed by atoms with Crippen molar-refractivity contribution in [3.05, 3.63) is 65.7 Å². The first-order valence-electron chi connectivity index (χ1n) is 10.3. The van der Waals surface area contributed by atoms with Gasteiger partial charge in [-0.25, -0.2) is 0 Å². The van der Waals surface area contributed by atoms with Gasteiger partial charge < -0.3 is 14.5 Å². The van der Waals surface area contributed by atoms with Crippen LogP contribution in [0.1, 0.15) is 16.4 Å². The molecule has 2 aromatic carbocycles. The number of morpholine rings is 1. The van der Waals surface area contributed by atoms with Crippen LogP contribution in [-0.4, -0.2) is 66.0 Å². The molecule has 0 saturated carbocycles. The number of likely N-dealkylation sites (N-methyl/N-ethyl adjacent to an activating group) is 1. The van der Waals surface area contributed by atoms with E-state index in [1.807, 2.05) is 42.5 Å². The lowest BCUT2D eigenvalue weighted by Crippen LogP contribution is -2.38. The van der Waals surface area contributed by atoms with E-state index >= 15 is 0 Å². The van der Waals surface area contributed by atoms with Crippen molar-refractivity contribution in [2.45, 2.75) is 17.3 Å². The van der Waals surface area contributed by atoms with Crippen LogP contribution >= 0.6 is 11.8 Å². The van der Waals surface area contributed by atoms with E-state index in [9.17, 15) is 4.79 Å². The number of rotatable bonds is 6. The maximum atomic E-state index is 13.1. The predicted molar refractivity (Wildman–Crippen MR) is 123 cm³/mol. The maximum Gasteiger partial charge on any atom is 0.240 e. The van der Waals surface area contributed by atoms with Crippen molar-refractivity contribution in [2.24, 2.45) is 0 Å². The molecule has 1 aliphatic rings. The van der Waals surface area contributed by atoms with E-state index in [2.05, 4.69) is 38.7 Å². The molecule has 7 nitrogen and oxygen atoms in total. The molecule has 162 valence electrons. The molecule has 0 N–H and O–H groups in total. The second-order valence-electron chi connectivity index (χ2n) is 7.65. The van der Waals surface area contributed by atoms with Crippen LogP contribution in [0.2, 0.25) is 0 Å². The maximum absolute atomic E-state index is 13.1. The van der Waals surface area contributed by atoms with E-state index in [1.165, 1.54) is 11.8 Å². The van der Waals surface area contributed by atoms with E-state index < -0.39 is 5.25 Å². The minimum atomic E-state index is -0.416. The van der Waals surface area contributed by atoms with E-state index in [1.54, 1.807) is 19.0 Å². The number of benzene rings is 2. The van der Waals surface area contributed by atoms with Crippen LogP contribution in [0, 0.1) is 6.92 Å². The topological polar surface area (TPSA) is 63.5 Å². The molecule has 2 heterocycles. The van der Waals surface area contributed by atoms with Crippen molar-refractivity contribution < 1.29 is 9.53 Å². The van der Waals surface area contributed by atoms with Crippen LogP contribution in [0.4, 0.5) is 5.95 Å². The molecule has 8 heteroatoms. The van der Waals surface area contributed by atoms with E-state index in [0.29, 0.717) is 18.4 Å². The van der Waals surface area contributed by atoms with Gasteiger partial charge in [-0.1, -0.05) is 60.3 Å². The fraction of sp³-hybridized carbons (Fsp3) is 0.348. The predicted octanol–water partition coefficient (Wildman–Crippen LogP) is 3.33. The normalized spacial score (nSPS) is 15.0. The number of hydrogen-bond acceptors (Lipinski definition) is 6. The monoisotopic (exact) mass is 437 g/mol. The smallest absolute Gasteiger partial charge is 0.240 e. The van der Waals surface area contributed by atoms with Crippen molar-refractivity contribution in [2.75, 3.05) is 45.3 Å². The molecule has 1 atom stereocenters. The molecule has 3 aromatic rings. The van der Waals surface area contributed by atoms with Crippen LogP contribution in [0.3, 0.4) is 0 Å². The quantitative estimate of drug-likeness (QED) is 0.551. The number of hydrogen-bond donors (Lipinski definition) is 0. The van der Waals surface area contributed by atoms with Gasteiger partial charge in [0, 0.05) is 27.2 Å². The fourth-order valence-corrected chi connectivity index (χ4v) is 4.75. The summed E-state index contributed by atoms with van der Waals surface area (Å²) in [7, 11) is 3.56. The van der Waals surface area contributed by atoms with Gasteiger partial charge >= 0.3 is 0 Å². The summed E-state index contributed by atoms with van der Waals surface area (Å²) in [5.74, 6) is 0.799. The van der Waals surface area contributed by atoms with Gasteiger partial charge in [0.1, 0.15) is 5.25 Å². The zero-order chi connectivity index (χ0) is 21.8. The molecule has 1 fully saturated rings. The summed E-state index contributed by atoms with van der Waals surface area (Å²) in [6, 6.07) is 18.0. The zero-order valence-electron chi connectivity index (χ0n) is 18.1. The fourth-order valence-electron chi connectivity index (χ4n) is 3.56. The van der Waals surface area contributed by atoms with Gasteiger partial charge in [0.05, 0.1) is 18.9 Å². The Morgan fingerprint density at radius 2 is 1.71 bits per heavy atom. The highest BCUT2D eigenvalue weighted by Crippen LogP contribution is 2.38. The number of para-hydroxylation sites is 1. The Labute approximate surface area is 187 Å². The van der Waals surface area contributed by atoms with Gasteiger partial charge in [-0.3, -0.25) is 9.36 Å². The van der Waals surface area contributed by atoms with Crippen LogP contribution in [0.5, 0.6) is 0 Å². The molecule has 31 heavy (non-hydrogen) atoms. The second-order valence-corrected chi connectivity index (χ2v) is 8.72. The summed E-state index contributed by atoms with van der Waals surface area (Å²) in [6.07, 6.45) is 0. The summed E-state index contributed by atoms with van der Waals surface area (Å²) in [6.45, 7) is 4.91. The average molecular weight is 438 g/mol. The highest BCUT2D eigenvalue weighted by atomic mass is 32.2. The Kier molecular flexibility index (Phi) is 6.58. The van der Waals surface area contributed by atoms with E-state index in [4.69, 9.17) is 4.74 Å². The summed E-state index contributed by atoms with van der Waals surface area (Å²) in [4.78, 5) is 16.9. The summed E-state index contributed by atoms with van der Waals surface area (Å²) in [5.41, 5.74) is 3.08. The molecule has 1 aromatic heterocycles. The van der Waals surface area contributed by atoms with Crippen molar-refractivity contribution in [3.63, 3.8) is 0 Å². The first kappa shape index (κ1) is 21.4. The molecule has 0 radical (unpaired) electrons. The molecule has 1 saturated heterocycles. The van der Waals surface area contributed by atoms with Crippen LogP contribution in [0.15, 0.2) is 59.8 Å². The summed E-state index contributed by atoms with van der Waals surface area (Å²) >= 11 is 1.43. The first-order chi connectivity index (χ1) is 15.1. The van der Waals surface area contributed by atoms with Gasteiger partial charge in [-0.2, -0.15) is 0 Å². The second kappa shape index (κ2) is 9.53. The number of thioether (sulfide) groups is 1. The first-order valence-corrected chi connectivity index (χ1v) is 11.2. The van der Waals surface area contributed by atoms with Gasteiger partial charge in [-0.15, -0.1) is 10.2 Å². The Hall–Kier alpha value is -2.84. The van der Waals surface area contributed by atoms with Crippen molar-refractivity contribution in [3.8, 4) is 5.69 Å². The van der Waals surface area contributed by atoms with Crippen molar-refractivity contribution in [1.82, 2.24) is 19.7 Å². The number of amides is 1. The van der Waals surface area contributed by atoms with Crippen molar-refractivity contribution >= 4 is 23.6 Å². The number of aromatic nitrogens is 3. The number of aryl methyl sites for hydroxylation is 1. The van der Waals surface area contributed by atoms with Gasteiger partial charge in [0.25, 0.3) is 0 Å². The number of anilines is 1. The third kappa shape index (κ3) is 4.60. The highest BCUT2D eigenvalue weighted by Gasteiger charge is 2.29. The highest BCUT2D eigenvalue weighted by molar-refractivity contribution is 8.00. The summed E-state index contributed by atoms with van der Waals surface area (Å²) < 4.78 is 7.60. The van der Waals surface area contributed by atoms with Gasteiger partial charge in [0.15, 0.2) is 5.16 Å². The standard InChI is InChI=1S/C23H27N5O2S/c1-17-9-7-8-12-19(17)28-22(27-13-15-30-16-14-27)24-25-23(28)31-20(21(29)26(2)3)18-10-5-4-6-11-18/h4-12,20H,13-16H2,1-3H3/t20-/m1/s1. The lowest BCUT2D eigenvalue weighted by Gasteiger charge is -2.28. The minimum absolute atomic E-state index is 0.0171.